The number of hydrogen-bond acceptors (Lipinski definition) is 2. The van der Waals surface area contributed by atoms with E-state index in [1.165, 1.54) is 0 Å². The number of benzene rings is 2. The molecule has 0 heterocycles. The van der Waals surface area contributed by atoms with Crippen molar-refractivity contribution in [2.45, 2.75) is 13.5 Å². The molecule has 2 rings (SSSR count). The van der Waals surface area contributed by atoms with Crippen LogP contribution < -0.4 is 10.6 Å². The highest BCUT2D eigenvalue weighted by atomic mass is 19.2. The highest BCUT2D eigenvalue weighted by Crippen LogP contribution is 2.14. The van der Waals surface area contributed by atoms with Gasteiger partial charge in [0.15, 0.2) is 17.5 Å². The zero-order chi connectivity index (χ0) is 17.7. The average molecular weight is 336 g/mol. The van der Waals surface area contributed by atoms with Crippen LogP contribution >= 0.6 is 0 Å². The summed E-state index contributed by atoms with van der Waals surface area (Å²) in [4.78, 5) is 23.5. The number of halogens is 3. The van der Waals surface area contributed by atoms with E-state index in [1.807, 2.05) is 31.2 Å². The van der Waals surface area contributed by atoms with E-state index in [4.69, 9.17) is 0 Å². The Hall–Kier alpha value is -2.83. The van der Waals surface area contributed by atoms with Gasteiger partial charge in [0.1, 0.15) is 0 Å². The van der Waals surface area contributed by atoms with Crippen molar-refractivity contribution in [2.24, 2.45) is 0 Å². The van der Waals surface area contributed by atoms with E-state index in [1.54, 1.807) is 0 Å². The molecule has 0 fully saturated rings. The van der Waals surface area contributed by atoms with Gasteiger partial charge in [-0.2, -0.15) is 0 Å². The second kappa shape index (κ2) is 7.63. The highest BCUT2D eigenvalue weighted by Gasteiger charge is 2.19. The summed E-state index contributed by atoms with van der Waals surface area (Å²) in [6, 6.07) is 8.92. The molecule has 0 aromatic heterocycles. The maximum absolute atomic E-state index is 13.5. The minimum atomic E-state index is -1.73. The molecule has 4 nitrogen and oxygen atoms in total. The van der Waals surface area contributed by atoms with Crippen molar-refractivity contribution >= 4 is 11.8 Å². The molecule has 0 aliphatic rings. The van der Waals surface area contributed by atoms with Crippen LogP contribution in [0.3, 0.4) is 0 Å². The van der Waals surface area contributed by atoms with E-state index < -0.39 is 41.4 Å². The Balaban J connectivity index is 1.89. The topological polar surface area (TPSA) is 58.2 Å². The molecule has 0 radical (unpaired) electrons. The molecule has 0 saturated heterocycles. The first-order valence-electron chi connectivity index (χ1n) is 7.13. The van der Waals surface area contributed by atoms with Crippen LogP contribution in [-0.4, -0.2) is 18.4 Å². The SMILES string of the molecule is Cc1ccccc1CNC(=O)CNC(=O)c1ccc(F)c(F)c1F. The standard InChI is InChI=1S/C17H15F3N2O2/c1-10-4-2-3-5-11(10)8-21-14(23)9-22-17(24)12-6-7-13(18)16(20)15(12)19/h2-7H,8-9H2,1H3,(H,21,23)(H,22,24). The van der Waals surface area contributed by atoms with E-state index in [2.05, 4.69) is 10.6 Å². The molecule has 24 heavy (non-hydrogen) atoms. The van der Waals surface area contributed by atoms with Gasteiger partial charge >= 0.3 is 0 Å². The van der Waals surface area contributed by atoms with Crippen molar-refractivity contribution in [3.8, 4) is 0 Å². The summed E-state index contributed by atoms with van der Waals surface area (Å²) in [5.74, 6) is -6.20. The summed E-state index contributed by atoms with van der Waals surface area (Å²) in [5, 5.41) is 4.76. The average Bonchev–Trinajstić information content (AvgIpc) is 2.57. The predicted molar refractivity (Wildman–Crippen MR) is 81.7 cm³/mol. The van der Waals surface area contributed by atoms with Crippen molar-refractivity contribution in [2.75, 3.05) is 6.54 Å². The number of rotatable bonds is 5. The zero-order valence-electron chi connectivity index (χ0n) is 12.8. The molecule has 0 unspecified atom stereocenters. The summed E-state index contributed by atoms with van der Waals surface area (Å²) in [6.45, 7) is 1.76. The number of aryl methyl sites for hydroxylation is 1. The van der Waals surface area contributed by atoms with Crippen LogP contribution in [-0.2, 0) is 11.3 Å². The van der Waals surface area contributed by atoms with Gasteiger partial charge in [-0.1, -0.05) is 24.3 Å². The van der Waals surface area contributed by atoms with Crippen molar-refractivity contribution in [1.82, 2.24) is 10.6 Å². The third-order valence-electron chi connectivity index (χ3n) is 3.43. The molecule has 126 valence electrons. The fourth-order valence-corrected chi connectivity index (χ4v) is 2.02. The lowest BCUT2D eigenvalue weighted by Crippen LogP contribution is -2.37. The Labute approximate surface area is 136 Å². The van der Waals surface area contributed by atoms with E-state index in [0.717, 1.165) is 17.2 Å². The molecule has 2 aromatic carbocycles. The first-order valence-corrected chi connectivity index (χ1v) is 7.13. The van der Waals surface area contributed by atoms with Gasteiger partial charge in [-0.15, -0.1) is 0 Å². The van der Waals surface area contributed by atoms with Crippen LogP contribution in [0.2, 0.25) is 0 Å². The highest BCUT2D eigenvalue weighted by molar-refractivity contribution is 5.96. The summed E-state index contributed by atoms with van der Waals surface area (Å²) >= 11 is 0. The third-order valence-corrected chi connectivity index (χ3v) is 3.43. The molecule has 0 saturated carbocycles. The minimum Gasteiger partial charge on any atom is -0.350 e. The van der Waals surface area contributed by atoms with Crippen LogP contribution in [0.5, 0.6) is 0 Å². The fraction of sp³-hybridized carbons (Fsp3) is 0.176. The molecule has 7 heteroatoms. The molecule has 0 aliphatic heterocycles. The largest absolute Gasteiger partial charge is 0.350 e. The van der Waals surface area contributed by atoms with Gasteiger partial charge in [-0.25, -0.2) is 13.2 Å². The summed E-state index contributed by atoms with van der Waals surface area (Å²) in [5.41, 5.74) is 1.26. The Kier molecular flexibility index (Phi) is 5.57. The molecular weight excluding hydrogens is 321 g/mol. The summed E-state index contributed by atoms with van der Waals surface area (Å²) < 4.78 is 39.4. The van der Waals surface area contributed by atoms with E-state index in [0.29, 0.717) is 6.07 Å². The Morgan fingerprint density at radius 1 is 0.958 bits per heavy atom. The smallest absolute Gasteiger partial charge is 0.254 e. The van der Waals surface area contributed by atoms with Crippen LogP contribution in [0, 0.1) is 24.4 Å². The molecule has 0 bridgehead atoms. The van der Waals surface area contributed by atoms with Gasteiger partial charge in [0.05, 0.1) is 12.1 Å². The lowest BCUT2D eigenvalue weighted by Gasteiger charge is -2.09. The zero-order valence-corrected chi connectivity index (χ0v) is 12.8. The Bertz CT molecular complexity index is 778. The molecule has 2 aromatic rings. The van der Waals surface area contributed by atoms with Gasteiger partial charge in [-0.3, -0.25) is 9.59 Å². The lowest BCUT2D eigenvalue weighted by atomic mass is 10.1. The number of amides is 2. The maximum atomic E-state index is 13.5. The lowest BCUT2D eigenvalue weighted by molar-refractivity contribution is -0.120. The number of carbonyl (C=O) groups is 2. The molecule has 2 N–H and O–H groups in total. The van der Waals surface area contributed by atoms with Crippen molar-refractivity contribution in [3.63, 3.8) is 0 Å². The third kappa shape index (κ3) is 4.13. The number of nitrogens with one attached hydrogen (secondary N) is 2. The van der Waals surface area contributed by atoms with Gasteiger partial charge in [0, 0.05) is 6.54 Å². The maximum Gasteiger partial charge on any atom is 0.254 e. The van der Waals surface area contributed by atoms with Crippen molar-refractivity contribution < 1.29 is 22.8 Å². The summed E-state index contributed by atoms with van der Waals surface area (Å²) in [7, 11) is 0. The van der Waals surface area contributed by atoms with E-state index in [-0.39, 0.29) is 6.54 Å². The normalized spacial score (nSPS) is 10.3. The number of carbonyl (C=O) groups excluding carboxylic acids is 2. The molecule has 2 amide bonds. The second-order valence-corrected chi connectivity index (χ2v) is 5.11. The van der Waals surface area contributed by atoms with Crippen LogP contribution in [0.1, 0.15) is 21.5 Å². The van der Waals surface area contributed by atoms with E-state index >= 15 is 0 Å². The van der Waals surface area contributed by atoms with Gasteiger partial charge in [0.25, 0.3) is 5.91 Å². The van der Waals surface area contributed by atoms with E-state index in [9.17, 15) is 22.8 Å². The quantitative estimate of drug-likeness (QED) is 0.824. The van der Waals surface area contributed by atoms with Gasteiger partial charge in [0.2, 0.25) is 5.91 Å². The second-order valence-electron chi connectivity index (χ2n) is 5.11. The molecular formula is C17H15F3N2O2. The minimum absolute atomic E-state index is 0.279. The van der Waals surface area contributed by atoms with Crippen LogP contribution in [0.4, 0.5) is 13.2 Å². The molecule has 0 spiro atoms. The first kappa shape index (κ1) is 17.5. The monoisotopic (exact) mass is 336 g/mol. The fourth-order valence-electron chi connectivity index (χ4n) is 2.02. The summed E-state index contributed by atoms with van der Waals surface area (Å²) in [6.07, 6.45) is 0. The molecule has 0 aliphatic carbocycles. The van der Waals surface area contributed by atoms with Crippen LogP contribution in [0.15, 0.2) is 36.4 Å². The Morgan fingerprint density at radius 3 is 2.38 bits per heavy atom. The van der Waals surface area contributed by atoms with Gasteiger partial charge < -0.3 is 10.6 Å². The van der Waals surface area contributed by atoms with Gasteiger partial charge in [-0.05, 0) is 30.2 Å². The Morgan fingerprint density at radius 2 is 1.67 bits per heavy atom. The van der Waals surface area contributed by atoms with Crippen molar-refractivity contribution in [1.29, 1.82) is 0 Å². The first-order chi connectivity index (χ1) is 11.4. The predicted octanol–water partition coefficient (Wildman–Crippen LogP) is 2.46. The molecule has 0 atom stereocenters. The number of hydrogen-bond donors (Lipinski definition) is 2. The van der Waals surface area contributed by atoms with Crippen LogP contribution in [0.25, 0.3) is 0 Å². The van der Waals surface area contributed by atoms with Crippen molar-refractivity contribution in [3.05, 3.63) is 70.5 Å².